The minimum Gasteiger partial charge on any atom is -0.497 e. The third kappa shape index (κ3) is 5.10. The van der Waals surface area contributed by atoms with Crippen LogP contribution < -0.4 is 4.74 Å². The molecule has 0 radical (unpaired) electrons. The van der Waals surface area contributed by atoms with E-state index in [1.54, 1.807) is 38.4 Å². The van der Waals surface area contributed by atoms with Gasteiger partial charge in [-0.2, -0.15) is 0 Å². The van der Waals surface area contributed by atoms with Crippen molar-refractivity contribution in [2.24, 2.45) is 0 Å². The Morgan fingerprint density at radius 2 is 1.58 bits per heavy atom. The van der Waals surface area contributed by atoms with E-state index in [4.69, 9.17) is 16.3 Å². The van der Waals surface area contributed by atoms with E-state index in [0.29, 0.717) is 18.0 Å². The minimum atomic E-state index is -0.474. The molecule has 0 fully saturated rings. The second kappa shape index (κ2) is 8.50. The summed E-state index contributed by atoms with van der Waals surface area (Å²) in [5.41, 5.74) is 1.86. The summed E-state index contributed by atoms with van der Waals surface area (Å²) < 4.78 is 5.11. The Hall–Kier alpha value is -2.33. The molecule has 2 aromatic carbocycles. The van der Waals surface area contributed by atoms with E-state index >= 15 is 0 Å². The van der Waals surface area contributed by atoms with Gasteiger partial charge in [0.05, 0.1) is 7.11 Å². The Morgan fingerprint density at radius 3 is 2.17 bits per heavy atom. The van der Waals surface area contributed by atoms with Gasteiger partial charge in [-0.3, -0.25) is 9.59 Å². The quantitative estimate of drug-likeness (QED) is 0.724. The second-order valence-corrected chi connectivity index (χ2v) is 5.99. The van der Waals surface area contributed by atoms with Gasteiger partial charge < -0.3 is 9.64 Å². The summed E-state index contributed by atoms with van der Waals surface area (Å²) in [7, 11) is 3.26. The fraction of sp³-hybridized carbons (Fsp3) is 0.263. The Kier molecular flexibility index (Phi) is 6.38. The van der Waals surface area contributed by atoms with Crippen LogP contribution in [0.25, 0.3) is 0 Å². The Labute approximate surface area is 147 Å². The zero-order chi connectivity index (χ0) is 17.5. The van der Waals surface area contributed by atoms with Gasteiger partial charge in [0.25, 0.3) is 5.91 Å². The van der Waals surface area contributed by atoms with Crippen molar-refractivity contribution < 1.29 is 14.3 Å². The van der Waals surface area contributed by atoms with E-state index in [1.165, 1.54) is 4.90 Å². The van der Waals surface area contributed by atoms with Crippen LogP contribution >= 0.6 is 11.6 Å². The molecule has 2 rings (SSSR count). The first kappa shape index (κ1) is 18.0. The third-order valence-corrected chi connectivity index (χ3v) is 4.01. The van der Waals surface area contributed by atoms with Crippen LogP contribution in [-0.2, 0) is 22.4 Å². The molecule has 126 valence electrons. The van der Waals surface area contributed by atoms with Crippen molar-refractivity contribution >= 4 is 23.3 Å². The second-order valence-electron chi connectivity index (χ2n) is 5.55. The number of hydrogen-bond acceptors (Lipinski definition) is 3. The highest BCUT2D eigenvalue weighted by atomic mass is 35.5. The molecular formula is C19H20ClNO3. The summed E-state index contributed by atoms with van der Waals surface area (Å²) in [5, 5.41) is 0.606. The molecule has 0 heterocycles. The summed E-state index contributed by atoms with van der Waals surface area (Å²) >= 11 is 5.81. The summed E-state index contributed by atoms with van der Waals surface area (Å²) in [6, 6.07) is 14.6. The van der Waals surface area contributed by atoms with Gasteiger partial charge in [-0.15, -0.1) is 0 Å². The van der Waals surface area contributed by atoms with Gasteiger partial charge in [0.2, 0.25) is 5.78 Å². The first-order valence-corrected chi connectivity index (χ1v) is 8.03. The number of ketones is 1. The number of carbonyl (C=O) groups excluding carboxylic acids is 2. The first-order chi connectivity index (χ1) is 11.5. The number of likely N-dealkylation sites (N-methyl/N-ethyl adjacent to an activating group) is 1. The predicted molar refractivity (Wildman–Crippen MR) is 94.5 cm³/mol. The first-order valence-electron chi connectivity index (χ1n) is 7.65. The predicted octanol–water partition coefficient (Wildman–Crippen LogP) is 3.16. The molecule has 4 nitrogen and oxygen atoms in total. The molecule has 5 heteroatoms. The number of halogens is 1. The molecule has 0 aliphatic heterocycles. The number of carbonyl (C=O) groups is 2. The molecule has 0 N–H and O–H groups in total. The van der Waals surface area contributed by atoms with Crippen LogP contribution in [0.2, 0.25) is 5.02 Å². The number of Topliss-reactive ketones (excluding diaryl/α,β-unsaturated/α-hetero) is 1. The van der Waals surface area contributed by atoms with Crippen LogP contribution in [0, 0.1) is 0 Å². The monoisotopic (exact) mass is 345 g/mol. The Balaban J connectivity index is 1.86. The van der Waals surface area contributed by atoms with Gasteiger partial charge >= 0.3 is 0 Å². The molecule has 0 saturated heterocycles. The van der Waals surface area contributed by atoms with Gasteiger partial charge in [0.15, 0.2) is 0 Å². The van der Waals surface area contributed by atoms with Gasteiger partial charge in [-0.25, -0.2) is 0 Å². The lowest BCUT2D eigenvalue weighted by molar-refractivity contribution is -0.143. The van der Waals surface area contributed by atoms with E-state index < -0.39 is 11.7 Å². The average molecular weight is 346 g/mol. The summed E-state index contributed by atoms with van der Waals surface area (Å²) in [6.07, 6.45) is 0.767. The minimum absolute atomic E-state index is 0.0862. The average Bonchev–Trinajstić information content (AvgIpc) is 2.61. The summed E-state index contributed by atoms with van der Waals surface area (Å²) in [5.74, 6) is -0.102. The van der Waals surface area contributed by atoms with Crippen LogP contribution in [-0.4, -0.2) is 37.3 Å². The summed E-state index contributed by atoms with van der Waals surface area (Å²) in [6.45, 7) is 0.484. The molecule has 0 spiro atoms. The lowest BCUT2D eigenvalue weighted by Gasteiger charge is -2.16. The molecule has 0 unspecified atom stereocenters. The van der Waals surface area contributed by atoms with Gasteiger partial charge in [0.1, 0.15) is 5.75 Å². The molecule has 0 aliphatic rings. The SMILES string of the molecule is COc1ccc(CCN(C)C(=O)C(=O)Cc2ccc(Cl)cc2)cc1. The standard InChI is InChI=1S/C19H20ClNO3/c1-21(12-11-14-5-9-17(24-2)10-6-14)19(23)18(22)13-15-3-7-16(20)8-4-15/h3-10H,11-13H2,1-2H3. The smallest absolute Gasteiger partial charge is 0.290 e. The molecule has 0 bridgehead atoms. The zero-order valence-corrected chi connectivity index (χ0v) is 14.5. The van der Waals surface area contributed by atoms with Crippen molar-refractivity contribution in [2.45, 2.75) is 12.8 Å². The van der Waals surface area contributed by atoms with E-state index in [2.05, 4.69) is 0 Å². The zero-order valence-electron chi connectivity index (χ0n) is 13.8. The van der Waals surface area contributed by atoms with Gasteiger partial charge in [0, 0.05) is 25.0 Å². The van der Waals surface area contributed by atoms with Crippen molar-refractivity contribution in [1.82, 2.24) is 4.90 Å². The Morgan fingerprint density at radius 1 is 1.00 bits per heavy atom. The molecule has 0 atom stereocenters. The van der Waals surface area contributed by atoms with Crippen molar-refractivity contribution in [3.63, 3.8) is 0 Å². The molecule has 0 aliphatic carbocycles. The maximum absolute atomic E-state index is 12.2. The Bertz CT molecular complexity index is 696. The lowest BCUT2D eigenvalue weighted by atomic mass is 10.1. The van der Waals surface area contributed by atoms with Crippen LogP contribution in [0.3, 0.4) is 0 Å². The highest BCUT2D eigenvalue weighted by Crippen LogP contribution is 2.12. The van der Waals surface area contributed by atoms with Gasteiger partial charge in [-0.1, -0.05) is 35.9 Å². The van der Waals surface area contributed by atoms with E-state index in [-0.39, 0.29) is 6.42 Å². The normalized spacial score (nSPS) is 10.3. The molecular weight excluding hydrogens is 326 g/mol. The van der Waals surface area contributed by atoms with E-state index in [0.717, 1.165) is 16.9 Å². The van der Waals surface area contributed by atoms with E-state index in [9.17, 15) is 9.59 Å². The number of hydrogen-bond donors (Lipinski definition) is 0. The molecule has 1 amide bonds. The number of rotatable bonds is 7. The topological polar surface area (TPSA) is 46.6 Å². The third-order valence-electron chi connectivity index (χ3n) is 3.76. The maximum atomic E-state index is 12.2. The number of amides is 1. The number of methoxy groups -OCH3 is 1. The highest BCUT2D eigenvalue weighted by molar-refractivity contribution is 6.36. The molecule has 2 aromatic rings. The van der Waals surface area contributed by atoms with Crippen LogP contribution in [0.5, 0.6) is 5.75 Å². The van der Waals surface area contributed by atoms with Crippen molar-refractivity contribution in [3.8, 4) is 5.75 Å². The number of benzene rings is 2. The van der Waals surface area contributed by atoms with Crippen molar-refractivity contribution in [2.75, 3.05) is 20.7 Å². The number of nitrogens with zero attached hydrogens (tertiary/aromatic N) is 1. The van der Waals surface area contributed by atoms with Crippen molar-refractivity contribution in [3.05, 3.63) is 64.7 Å². The summed E-state index contributed by atoms with van der Waals surface area (Å²) in [4.78, 5) is 25.7. The van der Waals surface area contributed by atoms with Crippen molar-refractivity contribution in [1.29, 1.82) is 0 Å². The van der Waals surface area contributed by atoms with E-state index in [1.807, 2.05) is 24.3 Å². The molecule has 0 saturated carbocycles. The maximum Gasteiger partial charge on any atom is 0.290 e. The van der Waals surface area contributed by atoms with Crippen LogP contribution in [0.15, 0.2) is 48.5 Å². The lowest BCUT2D eigenvalue weighted by Crippen LogP contribution is -2.35. The van der Waals surface area contributed by atoms with Gasteiger partial charge in [-0.05, 0) is 41.8 Å². The molecule has 0 aromatic heterocycles. The number of ether oxygens (including phenoxy) is 1. The molecule has 24 heavy (non-hydrogen) atoms. The van der Waals surface area contributed by atoms with Crippen LogP contribution in [0.1, 0.15) is 11.1 Å². The highest BCUT2D eigenvalue weighted by Gasteiger charge is 2.18. The largest absolute Gasteiger partial charge is 0.497 e. The van der Waals surface area contributed by atoms with Crippen LogP contribution in [0.4, 0.5) is 0 Å². The fourth-order valence-electron chi connectivity index (χ4n) is 2.27. The fourth-order valence-corrected chi connectivity index (χ4v) is 2.39.